The lowest BCUT2D eigenvalue weighted by Gasteiger charge is -2.26. The highest BCUT2D eigenvalue weighted by Crippen LogP contribution is 2.06. The SMILES string of the molecule is CC(=O)[C@H](CCCN=C(N)N)NC(=O)[C@@H](NC(C)C)C(C)C. The average Bonchev–Trinajstić information content (AvgIpc) is 2.38. The summed E-state index contributed by atoms with van der Waals surface area (Å²) >= 11 is 0. The van der Waals surface area contributed by atoms with Gasteiger partial charge in [-0.15, -0.1) is 0 Å². The van der Waals surface area contributed by atoms with E-state index in [1.54, 1.807) is 0 Å². The molecule has 0 saturated carbocycles. The summed E-state index contributed by atoms with van der Waals surface area (Å²) in [6.45, 7) is 9.84. The van der Waals surface area contributed by atoms with E-state index in [0.29, 0.717) is 19.4 Å². The van der Waals surface area contributed by atoms with E-state index in [4.69, 9.17) is 11.5 Å². The maximum Gasteiger partial charge on any atom is 0.237 e. The van der Waals surface area contributed by atoms with Gasteiger partial charge < -0.3 is 22.1 Å². The number of hydrogen-bond donors (Lipinski definition) is 4. The number of guanidine groups is 1. The Kier molecular flexibility index (Phi) is 9.40. The van der Waals surface area contributed by atoms with Crippen LogP contribution in [0.4, 0.5) is 0 Å². The van der Waals surface area contributed by atoms with Gasteiger partial charge in [0.1, 0.15) is 0 Å². The number of carbonyl (C=O) groups excluding carboxylic acids is 2. The van der Waals surface area contributed by atoms with E-state index in [0.717, 1.165) is 0 Å². The summed E-state index contributed by atoms with van der Waals surface area (Å²) in [5.41, 5.74) is 10.5. The molecule has 0 aliphatic carbocycles. The lowest BCUT2D eigenvalue weighted by molar-refractivity contribution is -0.129. The minimum atomic E-state index is -0.503. The monoisotopic (exact) mass is 313 g/mol. The van der Waals surface area contributed by atoms with Crippen LogP contribution in [0, 0.1) is 5.92 Å². The summed E-state index contributed by atoms with van der Waals surface area (Å²) in [6, 6.07) is -0.632. The van der Waals surface area contributed by atoms with Gasteiger partial charge in [0.25, 0.3) is 0 Å². The number of hydrogen-bond acceptors (Lipinski definition) is 4. The molecule has 0 heterocycles. The van der Waals surface area contributed by atoms with E-state index in [-0.39, 0.29) is 35.7 Å². The summed E-state index contributed by atoms with van der Waals surface area (Å²) in [4.78, 5) is 28.0. The van der Waals surface area contributed by atoms with E-state index in [9.17, 15) is 9.59 Å². The fourth-order valence-corrected chi connectivity index (χ4v) is 2.07. The number of rotatable bonds is 10. The van der Waals surface area contributed by atoms with Gasteiger partial charge in [-0.3, -0.25) is 14.6 Å². The molecule has 0 saturated heterocycles. The first-order valence-electron chi connectivity index (χ1n) is 7.77. The summed E-state index contributed by atoms with van der Waals surface area (Å²) in [6.07, 6.45) is 1.15. The van der Waals surface area contributed by atoms with Crippen molar-refractivity contribution < 1.29 is 9.59 Å². The molecular formula is C15H31N5O2. The molecule has 0 unspecified atom stereocenters. The Labute approximate surface area is 133 Å². The van der Waals surface area contributed by atoms with Gasteiger partial charge in [0.15, 0.2) is 11.7 Å². The molecule has 0 fully saturated rings. The molecule has 128 valence electrons. The van der Waals surface area contributed by atoms with Crippen molar-refractivity contribution >= 4 is 17.6 Å². The number of nitrogens with one attached hydrogen (secondary N) is 2. The fraction of sp³-hybridized carbons (Fsp3) is 0.800. The Hall–Kier alpha value is -1.63. The molecule has 0 aliphatic rings. The third-order valence-corrected chi connectivity index (χ3v) is 3.21. The lowest BCUT2D eigenvalue weighted by atomic mass is 10.0. The Balaban J connectivity index is 4.61. The molecule has 6 N–H and O–H groups in total. The number of Topliss-reactive ketones (excluding diaryl/α,β-unsaturated/α-hetero) is 1. The van der Waals surface area contributed by atoms with E-state index in [2.05, 4.69) is 15.6 Å². The van der Waals surface area contributed by atoms with Crippen LogP contribution in [0.5, 0.6) is 0 Å². The molecule has 0 rings (SSSR count). The van der Waals surface area contributed by atoms with Crippen molar-refractivity contribution in [2.24, 2.45) is 22.4 Å². The summed E-state index contributed by atoms with van der Waals surface area (Å²) in [5, 5.41) is 6.06. The van der Waals surface area contributed by atoms with E-state index in [1.165, 1.54) is 6.92 Å². The Morgan fingerprint density at radius 1 is 1.14 bits per heavy atom. The summed E-state index contributed by atoms with van der Waals surface area (Å²) < 4.78 is 0. The predicted octanol–water partition coefficient (Wildman–Crippen LogP) is 0.136. The van der Waals surface area contributed by atoms with Crippen LogP contribution in [0.1, 0.15) is 47.5 Å². The molecule has 0 radical (unpaired) electrons. The van der Waals surface area contributed by atoms with Gasteiger partial charge in [-0.05, 0) is 25.7 Å². The number of nitrogens with zero attached hydrogens (tertiary/aromatic N) is 1. The van der Waals surface area contributed by atoms with Crippen LogP contribution < -0.4 is 22.1 Å². The second-order valence-electron chi connectivity index (χ2n) is 6.16. The standard InChI is InChI=1S/C15H31N5O2/c1-9(2)13(19-10(3)4)14(22)20-12(11(5)21)7-6-8-18-15(16)17/h9-10,12-13,19H,6-8H2,1-5H3,(H,20,22)(H4,16,17,18)/t12-,13-/m0/s1. The number of nitrogens with two attached hydrogens (primary N) is 2. The van der Waals surface area contributed by atoms with Crippen molar-refractivity contribution in [1.29, 1.82) is 0 Å². The molecule has 0 aromatic carbocycles. The quantitative estimate of drug-likeness (QED) is 0.259. The zero-order chi connectivity index (χ0) is 17.3. The van der Waals surface area contributed by atoms with Crippen molar-refractivity contribution in [3.05, 3.63) is 0 Å². The predicted molar refractivity (Wildman–Crippen MR) is 89.4 cm³/mol. The molecule has 7 heteroatoms. The first-order chi connectivity index (χ1) is 10.1. The van der Waals surface area contributed by atoms with Crippen LogP contribution in [0.2, 0.25) is 0 Å². The average molecular weight is 313 g/mol. The van der Waals surface area contributed by atoms with Gasteiger partial charge >= 0.3 is 0 Å². The molecule has 0 aromatic heterocycles. The first-order valence-corrected chi connectivity index (χ1v) is 7.77. The number of aliphatic imine (C=N–C) groups is 1. The molecule has 0 aromatic rings. The maximum atomic E-state index is 12.4. The van der Waals surface area contributed by atoms with Crippen LogP contribution in [0.25, 0.3) is 0 Å². The molecule has 1 amide bonds. The highest BCUT2D eigenvalue weighted by molar-refractivity contribution is 5.89. The van der Waals surface area contributed by atoms with Gasteiger partial charge in [-0.2, -0.15) is 0 Å². The van der Waals surface area contributed by atoms with Crippen molar-refractivity contribution in [1.82, 2.24) is 10.6 Å². The highest BCUT2D eigenvalue weighted by atomic mass is 16.2. The van der Waals surface area contributed by atoms with Gasteiger partial charge in [-0.25, -0.2) is 0 Å². The molecule has 2 atom stereocenters. The molecular weight excluding hydrogens is 282 g/mol. The fourth-order valence-electron chi connectivity index (χ4n) is 2.07. The first kappa shape index (κ1) is 20.4. The van der Waals surface area contributed by atoms with Crippen molar-refractivity contribution in [2.75, 3.05) is 6.54 Å². The minimum Gasteiger partial charge on any atom is -0.370 e. The van der Waals surface area contributed by atoms with Gasteiger partial charge in [0.2, 0.25) is 5.91 Å². The van der Waals surface area contributed by atoms with E-state index in [1.807, 2.05) is 27.7 Å². The normalized spacial score (nSPS) is 13.8. The van der Waals surface area contributed by atoms with Crippen LogP contribution in [0.15, 0.2) is 4.99 Å². The maximum absolute atomic E-state index is 12.4. The smallest absolute Gasteiger partial charge is 0.237 e. The van der Waals surface area contributed by atoms with Crippen LogP contribution in [-0.2, 0) is 9.59 Å². The topological polar surface area (TPSA) is 123 Å². The number of amides is 1. The third-order valence-electron chi connectivity index (χ3n) is 3.21. The zero-order valence-electron chi connectivity index (χ0n) is 14.3. The molecule has 0 aliphatic heterocycles. The highest BCUT2D eigenvalue weighted by Gasteiger charge is 2.26. The molecule has 0 bridgehead atoms. The van der Waals surface area contributed by atoms with Gasteiger partial charge in [-0.1, -0.05) is 27.7 Å². The summed E-state index contributed by atoms with van der Waals surface area (Å²) in [7, 11) is 0. The van der Waals surface area contributed by atoms with Crippen molar-refractivity contribution in [2.45, 2.75) is 65.6 Å². The van der Waals surface area contributed by atoms with Crippen LogP contribution >= 0.6 is 0 Å². The zero-order valence-corrected chi connectivity index (χ0v) is 14.3. The summed E-state index contributed by atoms with van der Waals surface area (Å²) in [5.74, 6) is -0.0445. The van der Waals surface area contributed by atoms with Gasteiger partial charge in [0, 0.05) is 12.6 Å². The molecule has 0 spiro atoms. The van der Waals surface area contributed by atoms with Crippen LogP contribution in [0.3, 0.4) is 0 Å². The second kappa shape index (κ2) is 10.2. The van der Waals surface area contributed by atoms with Crippen molar-refractivity contribution in [3.63, 3.8) is 0 Å². The van der Waals surface area contributed by atoms with Crippen LogP contribution in [-0.4, -0.2) is 42.3 Å². The Morgan fingerprint density at radius 3 is 2.14 bits per heavy atom. The van der Waals surface area contributed by atoms with E-state index < -0.39 is 6.04 Å². The van der Waals surface area contributed by atoms with E-state index >= 15 is 0 Å². The largest absolute Gasteiger partial charge is 0.370 e. The second-order valence-corrected chi connectivity index (χ2v) is 6.16. The lowest BCUT2D eigenvalue weighted by Crippen LogP contribution is -2.53. The molecule has 22 heavy (non-hydrogen) atoms. The number of carbonyl (C=O) groups is 2. The third kappa shape index (κ3) is 8.61. The Morgan fingerprint density at radius 2 is 1.73 bits per heavy atom. The minimum absolute atomic E-state index is 0.0319. The number of ketones is 1. The van der Waals surface area contributed by atoms with Crippen molar-refractivity contribution in [3.8, 4) is 0 Å². The molecule has 7 nitrogen and oxygen atoms in total. The van der Waals surface area contributed by atoms with Gasteiger partial charge in [0.05, 0.1) is 12.1 Å². The Bertz CT molecular complexity index is 389.